The molecule has 2 rings (SSSR count). The highest BCUT2D eigenvalue weighted by molar-refractivity contribution is 9.10. The Bertz CT molecular complexity index is 551. The highest BCUT2D eigenvalue weighted by atomic mass is 79.9. The molecule has 0 saturated heterocycles. The van der Waals surface area contributed by atoms with Gasteiger partial charge in [-0.05, 0) is 30.7 Å². The summed E-state index contributed by atoms with van der Waals surface area (Å²) >= 11 is 6.71. The molecular weight excluding hydrogens is 404 g/mol. The molecule has 1 fully saturated rings. The van der Waals surface area contributed by atoms with E-state index in [9.17, 15) is 14.9 Å². The van der Waals surface area contributed by atoms with E-state index in [1.165, 1.54) is 25.0 Å². The van der Waals surface area contributed by atoms with E-state index in [0.717, 1.165) is 11.8 Å². The van der Waals surface area contributed by atoms with E-state index in [2.05, 4.69) is 37.2 Å². The molecule has 1 N–H and O–H groups in total. The van der Waals surface area contributed by atoms with Crippen LogP contribution in [0, 0.1) is 22.0 Å². The van der Waals surface area contributed by atoms with Crippen LogP contribution < -0.4 is 5.32 Å². The lowest BCUT2D eigenvalue weighted by atomic mass is 9.98. The molecule has 21 heavy (non-hydrogen) atoms. The summed E-state index contributed by atoms with van der Waals surface area (Å²) in [5.74, 6) is 0.817. The predicted molar refractivity (Wildman–Crippen MR) is 87.8 cm³/mol. The number of nitro benzene ring substituents is 1. The lowest BCUT2D eigenvalue weighted by Gasteiger charge is -2.17. The number of carbonyl (C=O) groups is 1. The normalized spacial score (nSPS) is 21.2. The first-order valence-electron chi connectivity index (χ1n) is 6.80. The van der Waals surface area contributed by atoms with Crippen molar-refractivity contribution in [3.05, 3.63) is 38.3 Å². The van der Waals surface area contributed by atoms with Gasteiger partial charge in [0.2, 0.25) is 0 Å². The van der Waals surface area contributed by atoms with Crippen LogP contribution in [0.2, 0.25) is 0 Å². The van der Waals surface area contributed by atoms with Gasteiger partial charge >= 0.3 is 0 Å². The van der Waals surface area contributed by atoms with Crippen LogP contribution in [-0.4, -0.2) is 22.7 Å². The molecule has 0 heterocycles. The smallest absolute Gasteiger partial charge is 0.271 e. The molecule has 2 atom stereocenters. The molecule has 5 nitrogen and oxygen atoms in total. The number of rotatable bonds is 5. The van der Waals surface area contributed by atoms with Crippen LogP contribution in [0.4, 0.5) is 5.69 Å². The number of non-ortho nitro benzene ring substituents is 1. The highest BCUT2D eigenvalue weighted by Gasteiger charge is 2.26. The average molecular weight is 420 g/mol. The Labute approximate surface area is 139 Å². The fourth-order valence-electron chi connectivity index (χ4n) is 2.72. The van der Waals surface area contributed by atoms with E-state index in [4.69, 9.17) is 0 Å². The van der Waals surface area contributed by atoms with Crippen LogP contribution >= 0.6 is 31.9 Å². The van der Waals surface area contributed by atoms with Gasteiger partial charge in [-0.1, -0.05) is 38.3 Å². The third-order valence-electron chi connectivity index (χ3n) is 3.90. The molecule has 1 aliphatic carbocycles. The largest absolute Gasteiger partial charge is 0.352 e. The summed E-state index contributed by atoms with van der Waals surface area (Å²) in [6.07, 6.45) is 3.50. The van der Waals surface area contributed by atoms with Crippen molar-refractivity contribution in [3.8, 4) is 0 Å². The number of benzene rings is 1. The Balaban J connectivity index is 2.02. The summed E-state index contributed by atoms with van der Waals surface area (Å²) in [5, 5.41) is 14.7. The predicted octanol–water partition coefficient (Wildman–Crippen LogP) is 3.90. The summed E-state index contributed by atoms with van der Waals surface area (Å²) in [6.45, 7) is 0.620. The van der Waals surface area contributed by atoms with Crippen molar-refractivity contribution >= 4 is 43.5 Å². The number of halogens is 2. The van der Waals surface area contributed by atoms with Crippen molar-refractivity contribution in [1.29, 1.82) is 0 Å². The minimum absolute atomic E-state index is 0.0891. The molecule has 1 aromatic rings. The maximum Gasteiger partial charge on any atom is 0.271 e. The number of carbonyl (C=O) groups excluding carboxylic acids is 1. The number of nitro groups is 1. The maximum absolute atomic E-state index is 12.2. The Kier molecular flexibility index (Phi) is 5.75. The van der Waals surface area contributed by atoms with Crippen LogP contribution in [0.5, 0.6) is 0 Å². The Morgan fingerprint density at radius 3 is 2.71 bits per heavy atom. The van der Waals surface area contributed by atoms with Gasteiger partial charge in [-0.2, -0.15) is 0 Å². The topological polar surface area (TPSA) is 72.2 Å². The van der Waals surface area contributed by atoms with Crippen LogP contribution in [0.3, 0.4) is 0 Å². The van der Waals surface area contributed by atoms with Crippen molar-refractivity contribution < 1.29 is 9.72 Å². The van der Waals surface area contributed by atoms with Gasteiger partial charge in [0.15, 0.2) is 0 Å². The number of nitrogens with one attached hydrogen (secondary N) is 1. The third-order valence-corrected chi connectivity index (χ3v) is 5.18. The second-order valence-corrected chi connectivity index (χ2v) is 6.83. The SMILES string of the molecule is O=C(NCC1CCCC1CBr)c1cc(Br)cc([N+](=O)[O-])c1. The molecule has 0 aliphatic heterocycles. The molecule has 114 valence electrons. The van der Waals surface area contributed by atoms with E-state index < -0.39 is 4.92 Å². The summed E-state index contributed by atoms with van der Waals surface area (Å²) in [6, 6.07) is 4.28. The van der Waals surface area contributed by atoms with Gasteiger partial charge in [0.25, 0.3) is 11.6 Å². The van der Waals surface area contributed by atoms with Crippen LogP contribution in [0.15, 0.2) is 22.7 Å². The summed E-state index contributed by atoms with van der Waals surface area (Å²) in [5.41, 5.74) is 0.221. The van der Waals surface area contributed by atoms with Gasteiger partial charge in [0.1, 0.15) is 0 Å². The summed E-state index contributed by atoms with van der Waals surface area (Å²) in [4.78, 5) is 22.5. The van der Waals surface area contributed by atoms with Crippen LogP contribution in [0.1, 0.15) is 29.6 Å². The zero-order chi connectivity index (χ0) is 15.4. The monoisotopic (exact) mass is 418 g/mol. The molecule has 7 heteroatoms. The van der Waals surface area contributed by atoms with Gasteiger partial charge in [0, 0.05) is 34.0 Å². The van der Waals surface area contributed by atoms with Crippen molar-refractivity contribution in [3.63, 3.8) is 0 Å². The average Bonchev–Trinajstić information content (AvgIpc) is 2.91. The van der Waals surface area contributed by atoms with E-state index in [0.29, 0.717) is 28.4 Å². The lowest BCUT2D eigenvalue weighted by Crippen LogP contribution is -2.31. The minimum atomic E-state index is -0.501. The van der Waals surface area contributed by atoms with Crippen molar-refractivity contribution in [2.45, 2.75) is 19.3 Å². The minimum Gasteiger partial charge on any atom is -0.352 e. The second kappa shape index (κ2) is 7.35. The van der Waals surface area contributed by atoms with Crippen LogP contribution in [0.25, 0.3) is 0 Å². The van der Waals surface area contributed by atoms with Gasteiger partial charge < -0.3 is 5.32 Å². The maximum atomic E-state index is 12.2. The number of amides is 1. The highest BCUT2D eigenvalue weighted by Crippen LogP contribution is 2.32. The fourth-order valence-corrected chi connectivity index (χ4v) is 4.06. The van der Waals surface area contributed by atoms with E-state index in [1.807, 2.05) is 0 Å². The standard InChI is InChI=1S/C14H16Br2N2O3/c15-7-9-2-1-3-10(9)8-17-14(19)11-4-12(16)6-13(5-11)18(20)21/h4-6,9-10H,1-3,7-8H2,(H,17,19). The second-order valence-electron chi connectivity index (χ2n) is 5.27. The van der Waals surface area contributed by atoms with Gasteiger partial charge in [-0.3, -0.25) is 14.9 Å². The molecule has 0 aromatic heterocycles. The van der Waals surface area contributed by atoms with E-state index in [1.54, 1.807) is 6.07 Å². The molecule has 1 saturated carbocycles. The van der Waals surface area contributed by atoms with E-state index >= 15 is 0 Å². The lowest BCUT2D eigenvalue weighted by molar-refractivity contribution is -0.385. The number of alkyl halides is 1. The van der Waals surface area contributed by atoms with Crippen LogP contribution in [-0.2, 0) is 0 Å². The zero-order valence-electron chi connectivity index (χ0n) is 11.4. The molecule has 1 aliphatic rings. The van der Waals surface area contributed by atoms with Gasteiger partial charge in [0.05, 0.1) is 4.92 Å². The van der Waals surface area contributed by atoms with E-state index in [-0.39, 0.29) is 11.6 Å². The number of hydrogen-bond acceptors (Lipinski definition) is 3. The number of hydrogen-bond donors (Lipinski definition) is 1. The Hall–Kier alpha value is -0.950. The fraction of sp³-hybridized carbons (Fsp3) is 0.500. The summed E-state index contributed by atoms with van der Waals surface area (Å²) < 4.78 is 0.529. The first kappa shape index (κ1) is 16.4. The molecule has 2 unspecified atom stereocenters. The van der Waals surface area contributed by atoms with Crippen molar-refractivity contribution in [1.82, 2.24) is 5.32 Å². The zero-order valence-corrected chi connectivity index (χ0v) is 14.5. The molecule has 0 spiro atoms. The Morgan fingerprint density at radius 2 is 2.05 bits per heavy atom. The molecule has 1 amide bonds. The molecule has 0 bridgehead atoms. The first-order chi connectivity index (χ1) is 10.0. The third kappa shape index (κ3) is 4.26. The van der Waals surface area contributed by atoms with Gasteiger partial charge in [-0.25, -0.2) is 0 Å². The number of nitrogens with zero attached hydrogens (tertiary/aromatic N) is 1. The van der Waals surface area contributed by atoms with Crippen molar-refractivity contribution in [2.75, 3.05) is 11.9 Å². The van der Waals surface area contributed by atoms with Gasteiger partial charge in [-0.15, -0.1) is 0 Å². The molecular formula is C14H16Br2N2O3. The molecule has 0 radical (unpaired) electrons. The Morgan fingerprint density at radius 1 is 1.33 bits per heavy atom. The summed E-state index contributed by atoms with van der Waals surface area (Å²) in [7, 11) is 0. The quantitative estimate of drug-likeness (QED) is 0.446. The molecule has 1 aromatic carbocycles. The first-order valence-corrected chi connectivity index (χ1v) is 8.72. The van der Waals surface area contributed by atoms with Crippen molar-refractivity contribution in [2.24, 2.45) is 11.8 Å².